The summed E-state index contributed by atoms with van der Waals surface area (Å²) in [6.07, 6.45) is 1.92. The van der Waals surface area contributed by atoms with E-state index >= 15 is 0 Å². The quantitative estimate of drug-likeness (QED) is 0.185. The second-order valence-corrected chi connectivity index (χ2v) is 8.49. The van der Waals surface area contributed by atoms with Gasteiger partial charge in [-0.05, 0) is 67.3 Å². The first kappa shape index (κ1) is 26.4. The molecule has 4 rings (SSSR count). The third-order valence-electron chi connectivity index (χ3n) is 5.74. The number of aryl methyl sites for hydroxylation is 2. The van der Waals surface area contributed by atoms with E-state index in [9.17, 15) is 4.79 Å². The number of anilines is 6. The summed E-state index contributed by atoms with van der Waals surface area (Å²) in [7, 11) is 0. The summed E-state index contributed by atoms with van der Waals surface area (Å²) >= 11 is 0. The van der Waals surface area contributed by atoms with E-state index in [1.54, 1.807) is 6.07 Å². The van der Waals surface area contributed by atoms with Gasteiger partial charge in [-0.15, -0.1) is 0 Å². The van der Waals surface area contributed by atoms with Crippen LogP contribution in [-0.4, -0.2) is 34.0 Å². The van der Waals surface area contributed by atoms with Crippen LogP contribution >= 0.6 is 0 Å². The Bertz CT molecular complexity index is 1270. The summed E-state index contributed by atoms with van der Waals surface area (Å²) in [5, 5.41) is 12.3. The van der Waals surface area contributed by atoms with Gasteiger partial charge in [-0.2, -0.15) is 15.0 Å². The monoisotopic (exact) mass is 511 g/mol. The lowest BCUT2D eigenvalue weighted by Crippen LogP contribution is -2.23. The third kappa shape index (κ3) is 7.42. The SMILES string of the molecule is CCOc1ccccc1NC(=O)CNc1nc(Nc2ccc(CC)cc2)nc(Nc2ccc(CC)cc2)n1. The normalized spacial score (nSPS) is 10.5. The molecular weight excluding hydrogens is 478 g/mol. The maximum atomic E-state index is 12.7. The summed E-state index contributed by atoms with van der Waals surface area (Å²) < 4.78 is 5.59. The molecule has 0 atom stereocenters. The van der Waals surface area contributed by atoms with E-state index in [4.69, 9.17) is 4.74 Å². The number of hydrogen-bond acceptors (Lipinski definition) is 8. The Morgan fingerprint density at radius 3 is 1.76 bits per heavy atom. The summed E-state index contributed by atoms with van der Waals surface area (Å²) in [4.78, 5) is 26.2. The Morgan fingerprint density at radius 2 is 1.24 bits per heavy atom. The van der Waals surface area contributed by atoms with Crippen LogP contribution in [0.25, 0.3) is 0 Å². The van der Waals surface area contributed by atoms with Crippen LogP contribution in [0.2, 0.25) is 0 Å². The number of benzene rings is 3. The first-order valence-corrected chi connectivity index (χ1v) is 12.8. The van der Waals surface area contributed by atoms with Crippen molar-refractivity contribution >= 4 is 40.8 Å². The van der Waals surface area contributed by atoms with Gasteiger partial charge in [-0.25, -0.2) is 0 Å². The van der Waals surface area contributed by atoms with Crippen LogP contribution in [0.15, 0.2) is 72.8 Å². The molecule has 4 aromatic rings. The summed E-state index contributed by atoms with van der Waals surface area (Å²) in [6.45, 7) is 6.59. The summed E-state index contributed by atoms with van der Waals surface area (Å²) in [5.74, 6) is 1.31. The smallest absolute Gasteiger partial charge is 0.243 e. The fourth-order valence-corrected chi connectivity index (χ4v) is 3.68. The summed E-state index contributed by atoms with van der Waals surface area (Å²) in [6, 6.07) is 23.5. The van der Waals surface area contributed by atoms with Crippen molar-refractivity contribution in [3.8, 4) is 5.75 Å². The lowest BCUT2D eigenvalue weighted by Gasteiger charge is -2.13. The zero-order chi connectivity index (χ0) is 26.7. The molecule has 0 radical (unpaired) electrons. The van der Waals surface area contributed by atoms with Crippen molar-refractivity contribution in [2.45, 2.75) is 33.6 Å². The van der Waals surface area contributed by atoms with Gasteiger partial charge in [-0.1, -0.05) is 50.2 Å². The number of para-hydroxylation sites is 2. The molecule has 4 N–H and O–H groups in total. The fraction of sp³-hybridized carbons (Fsp3) is 0.241. The molecule has 9 heteroatoms. The number of amides is 1. The molecule has 196 valence electrons. The second-order valence-electron chi connectivity index (χ2n) is 8.49. The van der Waals surface area contributed by atoms with Gasteiger partial charge in [-0.3, -0.25) is 4.79 Å². The number of nitrogens with zero attached hydrogens (tertiary/aromatic N) is 3. The largest absolute Gasteiger partial charge is 0.492 e. The maximum Gasteiger partial charge on any atom is 0.243 e. The Hall–Kier alpha value is -4.66. The Labute approximate surface area is 223 Å². The van der Waals surface area contributed by atoms with Crippen LogP contribution in [0.5, 0.6) is 5.75 Å². The van der Waals surface area contributed by atoms with Crippen molar-refractivity contribution in [2.24, 2.45) is 0 Å². The topological polar surface area (TPSA) is 113 Å². The van der Waals surface area contributed by atoms with E-state index in [1.807, 2.05) is 49.4 Å². The minimum absolute atomic E-state index is 0.0419. The van der Waals surface area contributed by atoms with Crippen LogP contribution in [0.1, 0.15) is 31.9 Å². The molecule has 0 fully saturated rings. The summed E-state index contributed by atoms with van der Waals surface area (Å²) in [5.41, 5.74) is 4.78. The van der Waals surface area contributed by atoms with E-state index in [1.165, 1.54) is 11.1 Å². The van der Waals surface area contributed by atoms with Gasteiger partial charge in [0.15, 0.2) is 0 Å². The molecule has 3 aromatic carbocycles. The van der Waals surface area contributed by atoms with Crippen molar-refractivity contribution in [1.29, 1.82) is 0 Å². The molecule has 9 nitrogen and oxygen atoms in total. The number of hydrogen-bond donors (Lipinski definition) is 4. The number of aromatic nitrogens is 3. The Balaban J connectivity index is 1.51. The molecule has 0 aliphatic heterocycles. The van der Waals surface area contributed by atoms with Gasteiger partial charge >= 0.3 is 0 Å². The van der Waals surface area contributed by atoms with Crippen molar-refractivity contribution in [1.82, 2.24) is 15.0 Å². The van der Waals surface area contributed by atoms with Crippen LogP contribution in [-0.2, 0) is 17.6 Å². The van der Waals surface area contributed by atoms with Gasteiger partial charge in [0.2, 0.25) is 23.8 Å². The lowest BCUT2D eigenvalue weighted by atomic mass is 10.1. The van der Waals surface area contributed by atoms with E-state index in [2.05, 4.69) is 74.3 Å². The van der Waals surface area contributed by atoms with Gasteiger partial charge in [0, 0.05) is 11.4 Å². The molecule has 1 heterocycles. The zero-order valence-corrected chi connectivity index (χ0v) is 21.9. The molecule has 0 unspecified atom stereocenters. The highest BCUT2D eigenvalue weighted by molar-refractivity contribution is 5.94. The lowest BCUT2D eigenvalue weighted by molar-refractivity contribution is -0.114. The molecule has 0 saturated carbocycles. The highest BCUT2D eigenvalue weighted by atomic mass is 16.5. The van der Waals surface area contributed by atoms with E-state index in [0.29, 0.717) is 29.9 Å². The highest BCUT2D eigenvalue weighted by Crippen LogP contribution is 2.24. The number of ether oxygens (including phenoxy) is 1. The van der Waals surface area contributed by atoms with Crippen molar-refractivity contribution < 1.29 is 9.53 Å². The van der Waals surface area contributed by atoms with E-state index in [0.717, 1.165) is 24.2 Å². The molecule has 1 aromatic heterocycles. The predicted octanol–water partition coefficient (Wildman–Crippen LogP) is 5.93. The first-order valence-electron chi connectivity index (χ1n) is 12.8. The molecule has 0 saturated heterocycles. The van der Waals surface area contributed by atoms with Crippen molar-refractivity contribution in [3.05, 3.63) is 83.9 Å². The van der Waals surface area contributed by atoms with E-state index < -0.39 is 0 Å². The minimum Gasteiger partial charge on any atom is -0.492 e. The average molecular weight is 512 g/mol. The van der Waals surface area contributed by atoms with Crippen molar-refractivity contribution in [3.63, 3.8) is 0 Å². The van der Waals surface area contributed by atoms with Crippen LogP contribution in [0.3, 0.4) is 0 Å². The van der Waals surface area contributed by atoms with Gasteiger partial charge in [0.25, 0.3) is 0 Å². The Morgan fingerprint density at radius 1 is 0.711 bits per heavy atom. The van der Waals surface area contributed by atoms with Crippen LogP contribution < -0.4 is 26.0 Å². The first-order chi connectivity index (χ1) is 18.6. The number of carbonyl (C=O) groups is 1. The number of carbonyl (C=O) groups excluding carboxylic acids is 1. The molecule has 1 amide bonds. The molecule has 0 aliphatic carbocycles. The van der Waals surface area contributed by atoms with Crippen LogP contribution in [0.4, 0.5) is 34.9 Å². The molecule has 38 heavy (non-hydrogen) atoms. The van der Waals surface area contributed by atoms with Crippen LogP contribution in [0, 0.1) is 0 Å². The van der Waals surface area contributed by atoms with Gasteiger partial charge in [0.1, 0.15) is 5.75 Å². The minimum atomic E-state index is -0.258. The fourth-order valence-electron chi connectivity index (χ4n) is 3.68. The third-order valence-corrected chi connectivity index (χ3v) is 5.74. The van der Waals surface area contributed by atoms with Crippen molar-refractivity contribution in [2.75, 3.05) is 34.4 Å². The standard InChI is InChI=1S/C29H33N7O2/c1-4-20-11-15-22(16-12-20)31-28-34-27(35-29(36-28)32-23-17-13-21(5-2)14-18-23)30-19-26(37)33-24-9-7-8-10-25(24)38-6-3/h7-18H,4-6,19H2,1-3H3,(H,33,37)(H3,30,31,32,34,35,36). The molecule has 0 spiro atoms. The van der Waals surface area contributed by atoms with Gasteiger partial charge < -0.3 is 26.0 Å². The molecule has 0 aliphatic rings. The van der Waals surface area contributed by atoms with Gasteiger partial charge in [0.05, 0.1) is 18.8 Å². The molecule has 0 bridgehead atoms. The maximum absolute atomic E-state index is 12.7. The molecular formula is C29H33N7O2. The zero-order valence-electron chi connectivity index (χ0n) is 21.9. The van der Waals surface area contributed by atoms with E-state index in [-0.39, 0.29) is 18.4 Å². The number of nitrogens with one attached hydrogen (secondary N) is 4. The second kappa shape index (κ2) is 13.0. The Kier molecular flexibility index (Phi) is 9.07. The highest BCUT2D eigenvalue weighted by Gasteiger charge is 2.11. The predicted molar refractivity (Wildman–Crippen MR) is 153 cm³/mol. The average Bonchev–Trinajstić information content (AvgIpc) is 2.94. The number of rotatable bonds is 12.